The van der Waals surface area contributed by atoms with Crippen LogP contribution in [-0.2, 0) is 52.7 Å². The van der Waals surface area contributed by atoms with Gasteiger partial charge in [0.2, 0.25) is 59.1 Å². The van der Waals surface area contributed by atoms with Crippen molar-refractivity contribution in [2.75, 3.05) is 65.4 Å². The molecular formula is C51H97N21O12. The van der Waals surface area contributed by atoms with Crippen molar-refractivity contribution in [3.8, 4) is 0 Å². The third-order valence-electron chi connectivity index (χ3n) is 13.2. The van der Waals surface area contributed by atoms with Crippen molar-refractivity contribution in [3.63, 3.8) is 0 Å². The lowest BCUT2D eigenvalue weighted by molar-refractivity contribution is -0.142. The number of nitrogens with one attached hydrogen (secondary N) is 9. The van der Waals surface area contributed by atoms with E-state index in [2.05, 4.69) is 52.8 Å². The maximum Gasteiger partial charge on any atom is 0.268 e. The SMILES string of the molecule is C[C@H](NC(=O)[C@@H](NC(=O)[C@@H](N)CCCCN)[C@@H](O)CN)C(=O)NCC(=O)N[C@H](CCCN)C(=O)N1CCC[C@H]1C(=O)N[C@@H](CC(N)=O)C(=O)N[C@@H](CCCCN)C(=O)N/C(=C\CCN=C(N)N)C(=O)N[C@@H](CCCCN)C(=O)NCCCCN. The standard InChI is InChI=1S/C51H97N21O12/c1-30(65-49(83)41(38(73)28-57)71-43(77)31(58)13-2-5-19-52)42(76)64-29-40(75)66-35(16-10-23-56)50(84)72-26-12-18-37(72)48(82)70-36(27-39(59)74)47(81)69-33(15-4-7-21-54)45(79)68-34(17-11-25-63-51(60)61)46(80)67-32(14-3-6-20-53)44(78)62-24-9-8-22-55/h17,30-33,35-38,41,73H,2-16,18-29,52-58H2,1H3,(H2,59,74)(H,62,78)(H,64,76)(H,65,83)(H,66,75)(H,67,80)(H,68,79)(H,69,81)(H,70,82)(H,71,77)(H4,60,61,63)/b34-17-/t30-,31-,32-,33-,35+,36-,37-,38-,41-/m0/s1. The van der Waals surface area contributed by atoms with E-state index < -0.39 is 139 Å². The van der Waals surface area contributed by atoms with E-state index in [1.54, 1.807) is 0 Å². The summed E-state index contributed by atoms with van der Waals surface area (Å²) in [7, 11) is 0. The summed E-state index contributed by atoms with van der Waals surface area (Å²) in [6, 6.07) is -10.6. The highest BCUT2D eigenvalue weighted by Crippen LogP contribution is 2.20. The van der Waals surface area contributed by atoms with Gasteiger partial charge in [-0.05, 0) is 136 Å². The summed E-state index contributed by atoms with van der Waals surface area (Å²) in [6.45, 7) is 1.94. The number of amides is 11. The molecule has 0 bridgehead atoms. The van der Waals surface area contributed by atoms with Gasteiger partial charge in [-0.3, -0.25) is 57.7 Å². The number of aliphatic hydroxyl groups is 1. The number of carbonyl (C=O) groups is 11. The number of aliphatic imine (C=N–C) groups is 1. The Morgan fingerprint density at radius 3 is 1.77 bits per heavy atom. The van der Waals surface area contributed by atoms with Crippen molar-refractivity contribution in [3.05, 3.63) is 11.8 Å². The first kappa shape index (κ1) is 74.9. The second-order valence-corrected chi connectivity index (χ2v) is 20.2. The van der Waals surface area contributed by atoms with Gasteiger partial charge < -0.3 is 115 Å². The topological polar surface area (TPSA) is 592 Å². The molecule has 0 unspecified atom stereocenters. The van der Waals surface area contributed by atoms with Gasteiger partial charge in [-0.1, -0.05) is 12.5 Å². The molecule has 33 nitrogen and oxygen atoms in total. The number of primary amides is 1. The summed E-state index contributed by atoms with van der Waals surface area (Å²) in [4.78, 5) is 154. The fourth-order valence-corrected chi connectivity index (χ4v) is 8.53. The molecular weight excluding hydrogens is 1100 g/mol. The summed E-state index contributed by atoms with van der Waals surface area (Å²) < 4.78 is 0. The molecule has 0 aromatic carbocycles. The number of likely N-dealkylation sites (tertiary alicyclic amines) is 1. The fraction of sp³-hybridized carbons (Fsp3) is 0.725. The Labute approximate surface area is 490 Å². The summed E-state index contributed by atoms with van der Waals surface area (Å²) in [5, 5.41) is 33.1. The van der Waals surface area contributed by atoms with Crippen LogP contribution in [0.25, 0.3) is 0 Å². The minimum absolute atomic E-state index is 0.00186. The highest BCUT2D eigenvalue weighted by molar-refractivity contribution is 6.02. The van der Waals surface area contributed by atoms with Crippen LogP contribution in [0.5, 0.6) is 0 Å². The van der Waals surface area contributed by atoms with Crippen LogP contribution in [0.4, 0.5) is 0 Å². The Hall–Kier alpha value is -7.14. The molecule has 1 fully saturated rings. The van der Waals surface area contributed by atoms with Gasteiger partial charge in [0.1, 0.15) is 48.0 Å². The second-order valence-electron chi connectivity index (χ2n) is 20.2. The maximum absolute atomic E-state index is 14.2. The number of rotatable bonds is 44. The average molecular weight is 1200 g/mol. The minimum atomic E-state index is -1.69. The molecule has 84 heavy (non-hydrogen) atoms. The molecule has 0 aliphatic carbocycles. The van der Waals surface area contributed by atoms with Crippen LogP contribution in [0, 0.1) is 0 Å². The predicted molar refractivity (Wildman–Crippen MR) is 312 cm³/mol. The number of guanidine groups is 1. The maximum atomic E-state index is 14.2. The second kappa shape index (κ2) is 42.6. The van der Waals surface area contributed by atoms with Crippen LogP contribution in [0.1, 0.15) is 116 Å². The van der Waals surface area contributed by atoms with Crippen molar-refractivity contribution in [2.24, 2.45) is 62.3 Å². The smallest absolute Gasteiger partial charge is 0.268 e. The van der Waals surface area contributed by atoms with Gasteiger partial charge in [-0.2, -0.15) is 0 Å². The van der Waals surface area contributed by atoms with Gasteiger partial charge >= 0.3 is 0 Å². The van der Waals surface area contributed by atoms with Gasteiger partial charge in [0.25, 0.3) is 5.91 Å². The zero-order chi connectivity index (χ0) is 63.1. The summed E-state index contributed by atoms with van der Waals surface area (Å²) >= 11 is 0. The lowest BCUT2D eigenvalue weighted by atomic mass is 10.1. The Morgan fingerprint density at radius 1 is 0.607 bits per heavy atom. The van der Waals surface area contributed by atoms with Crippen molar-refractivity contribution in [1.82, 2.24) is 52.8 Å². The number of hydrogen-bond donors (Lipinski definition) is 20. The van der Waals surface area contributed by atoms with E-state index in [0.29, 0.717) is 77.5 Å². The van der Waals surface area contributed by atoms with Gasteiger partial charge in [0.15, 0.2) is 5.96 Å². The Bertz CT molecular complexity index is 2190. The molecule has 0 saturated carbocycles. The first-order chi connectivity index (χ1) is 40.0. The number of hydrogen-bond acceptors (Lipinski definition) is 20. The van der Waals surface area contributed by atoms with Crippen LogP contribution < -0.4 is 105 Å². The highest BCUT2D eigenvalue weighted by atomic mass is 16.3. The molecule has 0 aromatic rings. The Balaban J connectivity index is 3.32. The molecule has 11 amide bonds. The van der Waals surface area contributed by atoms with Crippen LogP contribution in [0.15, 0.2) is 16.8 Å². The summed E-state index contributed by atoms with van der Waals surface area (Å²) in [5.41, 5.74) is 56.0. The lowest BCUT2D eigenvalue weighted by Gasteiger charge is -2.30. The first-order valence-corrected chi connectivity index (χ1v) is 28.7. The van der Waals surface area contributed by atoms with E-state index in [-0.39, 0.29) is 89.2 Å². The van der Waals surface area contributed by atoms with E-state index >= 15 is 0 Å². The molecule has 1 heterocycles. The van der Waals surface area contributed by atoms with Gasteiger partial charge in [0, 0.05) is 26.2 Å². The molecule has 0 radical (unpaired) electrons. The van der Waals surface area contributed by atoms with Crippen molar-refractivity contribution < 1.29 is 57.8 Å². The van der Waals surface area contributed by atoms with E-state index in [0.717, 1.165) is 0 Å². The zero-order valence-electron chi connectivity index (χ0n) is 48.5. The van der Waals surface area contributed by atoms with Crippen LogP contribution in [0.3, 0.4) is 0 Å². The van der Waals surface area contributed by atoms with Crippen molar-refractivity contribution >= 4 is 70.9 Å². The van der Waals surface area contributed by atoms with Crippen LogP contribution >= 0.6 is 0 Å². The van der Waals surface area contributed by atoms with E-state index in [9.17, 15) is 57.8 Å². The molecule has 478 valence electrons. The number of carbonyl (C=O) groups excluding carboxylic acids is 11. The van der Waals surface area contributed by atoms with Crippen molar-refractivity contribution in [2.45, 2.75) is 171 Å². The zero-order valence-corrected chi connectivity index (χ0v) is 48.5. The molecule has 0 spiro atoms. The monoisotopic (exact) mass is 1200 g/mol. The third kappa shape index (κ3) is 29.4. The van der Waals surface area contributed by atoms with E-state index in [1.807, 2.05) is 0 Å². The van der Waals surface area contributed by atoms with E-state index in [4.69, 9.17) is 57.3 Å². The predicted octanol–water partition coefficient (Wildman–Crippen LogP) is -8.81. The molecule has 1 saturated heterocycles. The van der Waals surface area contributed by atoms with Gasteiger partial charge in [-0.25, -0.2) is 0 Å². The quantitative estimate of drug-likeness (QED) is 0.0117. The normalized spacial score (nSPS) is 15.9. The number of nitrogens with zero attached hydrogens (tertiary/aromatic N) is 2. The number of nitrogens with two attached hydrogens (primary N) is 10. The Morgan fingerprint density at radius 2 is 1.19 bits per heavy atom. The molecule has 33 heteroatoms. The molecule has 0 aromatic heterocycles. The third-order valence-corrected chi connectivity index (χ3v) is 13.2. The number of aliphatic hydroxyl groups excluding tert-OH is 1. The highest BCUT2D eigenvalue weighted by Gasteiger charge is 2.40. The molecule has 30 N–H and O–H groups in total. The van der Waals surface area contributed by atoms with Crippen molar-refractivity contribution in [1.29, 1.82) is 0 Å². The number of unbranched alkanes of at least 4 members (excludes halogenated alkanes) is 4. The summed E-state index contributed by atoms with van der Waals surface area (Å²) in [6.07, 6.45) is 4.21. The van der Waals surface area contributed by atoms with Gasteiger partial charge in [-0.15, -0.1) is 0 Å². The summed E-state index contributed by atoms with van der Waals surface area (Å²) in [5.74, 6) is -9.52. The molecule has 1 aliphatic rings. The van der Waals surface area contributed by atoms with Crippen LogP contribution in [-0.4, -0.2) is 201 Å². The fourth-order valence-electron chi connectivity index (χ4n) is 8.53. The molecule has 1 aliphatic heterocycles. The largest absolute Gasteiger partial charge is 0.389 e. The minimum Gasteiger partial charge on any atom is -0.389 e. The molecule has 9 atom stereocenters. The Kier molecular flexibility index (Phi) is 38.0. The van der Waals surface area contributed by atoms with Crippen LogP contribution in [0.2, 0.25) is 0 Å². The first-order valence-electron chi connectivity index (χ1n) is 28.7. The molecule has 1 rings (SSSR count). The average Bonchev–Trinajstić information content (AvgIpc) is 4.09. The lowest BCUT2D eigenvalue weighted by Crippen LogP contribution is -2.60. The van der Waals surface area contributed by atoms with E-state index in [1.165, 1.54) is 17.9 Å². The van der Waals surface area contributed by atoms with Gasteiger partial charge in [0.05, 0.1) is 25.1 Å².